The number of phenols is 2. The Hall–Kier alpha value is -3.48. The minimum Gasteiger partial charge on any atom is -0.507 e. The Bertz CT molecular complexity index is 1170. The molecule has 164 valence electrons. The van der Waals surface area contributed by atoms with Crippen molar-refractivity contribution in [3.8, 4) is 34.1 Å². The molecule has 6 nitrogen and oxygen atoms in total. The summed E-state index contributed by atoms with van der Waals surface area (Å²) in [4.78, 5) is 0. The lowest BCUT2D eigenvalue weighted by atomic mass is 9.92. The molecule has 0 saturated carbocycles. The van der Waals surface area contributed by atoms with Crippen LogP contribution in [0.15, 0.2) is 60.7 Å². The Kier molecular flexibility index (Phi) is 5.71. The molecular formula is C26H24O6. The largest absolute Gasteiger partial charge is 0.507 e. The monoisotopic (exact) mass is 432 g/mol. The smallest absolute Gasteiger partial charge is 0.124 e. The Balaban J connectivity index is 1.72. The van der Waals surface area contributed by atoms with Gasteiger partial charge in [0.25, 0.3) is 0 Å². The number of benzene rings is 4. The molecule has 32 heavy (non-hydrogen) atoms. The topological polar surface area (TPSA) is 77.4 Å². The second-order valence-electron chi connectivity index (χ2n) is 7.61. The first-order chi connectivity index (χ1) is 15.7. The van der Waals surface area contributed by atoms with E-state index in [0.717, 1.165) is 21.5 Å². The lowest BCUT2D eigenvalue weighted by molar-refractivity contribution is 0.0274. The molecule has 6 heteroatoms. The molecule has 0 atom stereocenters. The van der Waals surface area contributed by atoms with Crippen molar-refractivity contribution in [2.75, 3.05) is 39.6 Å². The van der Waals surface area contributed by atoms with Gasteiger partial charge in [0.05, 0.1) is 26.4 Å². The zero-order valence-corrected chi connectivity index (χ0v) is 17.5. The van der Waals surface area contributed by atoms with Gasteiger partial charge in [-0.3, -0.25) is 0 Å². The Morgan fingerprint density at radius 2 is 0.906 bits per heavy atom. The van der Waals surface area contributed by atoms with E-state index in [1.54, 1.807) is 12.1 Å². The van der Waals surface area contributed by atoms with E-state index in [2.05, 4.69) is 0 Å². The second kappa shape index (κ2) is 8.94. The molecule has 0 spiro atoms. The maximum Gasteiger partial charge on any atom is 0.124 e. The Morgan fingerprint density at radius 3 is 1.38 bits per heavy atom. The van der Waals surface area contributed by atoms with Crippen molar-refractivity contribution in [2.24, 2.45) is 0 Å². The van der Waals surface area contributed by atoms with Crippen LogP contribution in [-0.2, 0) is 9.47 Å². The van der Waals surface area contributed by atoms with Crippen LogP contribution in [0.2, 0.25) is 0 Å². The van der Waals surface area contributed by atoms with Crippen LogP contribution in [0.25, 0.3) is 32.7 Å². The minimum absolute atomic E-state index is 0.0786. The molecule has 4 aromatic carbocycles. The summed E-state index contributed by atoms with van der Waals surface area (Å²) in [5.41, 5.74) is 1.10. The molecule has 1 aliphatic heterocycles. The van der Waals surface area contributed by atoms with Crippen molar-refractivity contribution in [3.63, 3.8) is 0 Å². The molecule has 1 aliphatic rings. The van der Waals surface area contributed by atoms with E-state index in [4.69, 9.17) is 18.9 Å². The van der Waals surface area contributed by atoms with E-state index in [-0.39, 0.29) is 11.5 Å². The van der Waals surface area contributed by atoms with Gasteiger partial charge in [0.1, 0.15) is 36.2 Å². The molecule has 0 radical (unpaired) electrons. The lowest BCUT2D eigenvalue weighted by Gasteiger charge is -2.16. The number of rotatable bonds is 0. The van der Waals surface area contributed by atoms with Crippen LogP contribution in [0.5, 0.6) is 23.0 Å². The highest BCUT2D eigenvalue weighted by Gasteiger charge is 2.18. The molecule has 0 aromatic heterocycles. The molecule has 4 aromatic rings. The molecule has 5 rings (SSSR count). The third-order valence-corrected chi connectivity index (χ3v) is 5.56. The summed E-state index contributed by atoms with van der Waals surface area (Å²) in [6.07, 6.45) is 0. The van der Waals surface area contributed by atoms with E-state index in [1.807, 2.05) is 48.5 Å². The van der Waals surface area contributed by atoms with Crippen molar-refractivity contribution in [2.45, 2.75) is 0 Å². The van der Waals surface area contributed by atoms with Crippen LogP contribution in [0, 0.1) is 0 Å². The molecule has 2 N–H and O–H groups in total. The van der Waals surface area contributed by atoms with Crippen LogP contribution in [0.4, 0.5) is 0 Å². The summed E-state index contributed by atoms with van der Waals surface area (Å²) >= 11 is 0. The first-order valence-corrected chi connectivity index (χ1v) is 10.6. The predicted molar refractivity (Wildman–Crippen MR) is 123 cm³/mol. The van der Waals surface area contributed by atoms with E-state index in [1.165, 1.54) is 0 Å². The third-order valence-electron chi connectivity index (χ3n) is 5.56. The van der Waals surface area contributed by atoms with Crippen molar-refractivity contribution < 1.29 is 29.2 Å². The predicted octanol–water partition coefficient (Wildman–Crippen LogP) is 4.88. The van der Waals surface area contributed by atoms with Gasteiger partial charge in [-0.1, -0.05) is 24.3 Å². The van der Waals surface area contributed by atoms with Gasteiger partial charge in [0.2, 0.25) is 0 Å². The molecular weight excluding hydrogens is 408 g/mol. The fourth-order valence-corrected chi connectivity index (χ4v) is 4.04. The number of phenolic OH excluding ortho intramolecular Hbond substituents is 2. The Morgan fingerprint density at radius 1 is 0.500 bits per heavy atom. The number of hydrogen-bond donors (Lipinski definition) is 2. The standard InChI is InChI=1S/C26H24O6/c27-23-7-3-17-1-5-19-15-21(17)25(23)26-22-16-20(6-2-18(22)4-8-24(26)28)32-14-12-30-10-9-29-11-13-31-19/h1-8,15-16,27-28H,9-14H2. The number of fused-ring (bicyclic) bond motifs is 3. The van der Waals surface area contributed by atoms with Crippen LogP contribution in [0.1, 0.15) is 0 Å². The van der Waals surface area contributed by atoms with Crippen molar-refractivity contribution in [1.82, 2.24) is 0 Å². The highest BCUT2D eigenvalue weighted by Crippen LogP contribution is 2.45. The molecule has 0 unspecified atom stereocenters. The molecule has 4 bridgehead atoms. The van der Waals surface area contributed by atoms with E-state index < -0.39 is 0 Å². The van der Waals surface area contributed by atoms with Gasteiger partial charge in [-0.05, 0) is 57.9 Å². The van der Waals surface area contributed by atoms with E-state index in [9.17, 15) is 10.2 Å². The summed E-state index contributed by atoms with van der Waals surface area (Å²) in [5, 5.41) is 25.2. The van der Waals surface area contributed by atoms with Gasteiger partial charge in [0, 0.05) is 11.1 Å². The summed E-state index contributed by atoms with van der Waals surface area (Å²) < 4.78 is 22.8. The highest BCUT2D eigenvalue weighted by atomic mass is 16.6. The summed E-state index contributed by atoms with van der Waals surface area (Å²) in [7, 11) is 0. The van der Waals surface area contributed by atoms with Gasteiger partial charge in [-0.2, -0.15) is 0 Å². The lowest BCUT2D eigenvalue weighted by Crippen LogP contribution is -2.13. The maximum atomic E-state index is 10.9. The maximum absolute atomic E-state index is 10.9. The van der Waals surface area contributed by atoms with Gasteiger partial charge in [-0.25, -0.2) is 0 Å². The quantitative estimate of drug-likeness (QED) is 0.413. The summed E-state index contributed by atoms with van der Waals surface area (Å²) in [5.74, 6) is 1.48. The average Bonchev–Trinajstić information content (AvgIpc) is 2.80. The van der Waals surface area contributed by atoms with Gasteiger partial charge < -0.3 is 29.2 Å². The van der Waals surface area contributed by atoms with Crippen LogP contribution in [-0.4, -0.2) is 49.9 Å². The molecule has 0 aliphatic carbocycles. The number of aromatic hydroxyl groups is 2. The summed E-state index contributed by atoms with van der Waals surface area (Å²) in [6, 6.07) is 18.4. The van der Waals surface area contributed by atoms with E-state index >= 15 is 0 Å². The average molecular weight is 432 g/mol. The van der Waals surface area contributed by atoms with Crippen LogP contribution < -0.4 is 9.47 Å². The SMILES string of the molecule is Oc1ccc2ccc3cc2c1-c1c(O)ccc2ccc(cc12)OCCOCCOCCO3. The normalized spacial score (nSPS) is 15.2. The van der Waals surface area contributed by atoms with Gasteiger partial charge >= 0.3 is 0 Å². The fourth-order valence-electron chi connectivity index (χ4n) is 4.04. The van der Waals surface area contributed by atoms with Crippen molar-refractivity contribution in [3.05, 3.63) is 60.7 Å². The number of hydrogen-bond acceptors (Lipinski definition) is 6. The zero-order valence-electron chi connectivity index (χ0n) is 17.5. The molecule has 0 saturated heterocycles. The third kappa shape index (κ3) is 4.02. The van der Waals surface area contributed by atoms with Crippen LogP contribution in [0.3, 0.4) is 0 Å². The first kappa shape index (κ1) is 20.4. The van der Waals surface area contributed by atoms with Gasteiger partial charge in [-0.15, -0.1) is 0 Å². The van der Waals surface area contributed by atoms with Crippen molar-refractivity contribution >= 4 is 21.5 Å². The summed E-state index contributed by atoms with van der Waals surface area (Å²) in [6.45, 7) is 2.64. The Labute approximate surface area is 185 Å². The highest BCUT2D eigenvalue weighted by molar-refractivity contribution is 6.10. The second-order valence-corrected chi connectivity index (χ2v) is 7.61. The minimum atomic E-state index is 0.0786. The first-order valence-electron chi connectivity index (χ1n) is 10.6. The molecule has 1 heterocycles. The fraction of sp³-hybridized carbons (Fsp3) is 0.231. The van der Waals surface area contributed by atoms with Crippen LogP contribution >= 0.6 is 0 Å². The number of ether oxygens (including phenoxy) is 4. The zero-order chi connectivity index (χ0) is 21.9. The molecule has 0 amide bonds. The van der Waals surface area contributed by atoms with Gasteiger partial charge in [0.15, 0.2) is 0 Å². The molecule has 0 fully saturated rings. The van der Waals surface area contributed by atoms with Crippen molar-refractivity contribution in [1.29, 1.82) is 0 Å². The van der Waals surface area contributed by atoms with E-state index in [0.29, 0.717) is 62.3 Å².